The van der Waals surface area contributed by atoms with Crippen molar-refractivity contribution in [2.75, 3.05) is 0 Å². The van der Waals surface area contributed by atoms with E-state index in [0.717, 1.165) is 12.1 Å². The Balaban J connectivity index is 3.13. The lowest BCUT2D eigenvalue weighted by Crippen LogP contribution is -2.34. The van der Waals surface area contributed by atoms with Crippen molar-refractivity contribution in [1.29, 1.82) is 0 Å². The molecular formula is C10H14FNO2. The van der Waals surface area contributed by atoms with Crippen LogP contribution in [-0.2, 0) is 6.42 Å². The Bertz CT molecular complexity index is 345. The minimum absolute atomic E-state index is 0.0532. The Kier molecular flexibility index (Phi) is 2.66. The van der Waals surface area contributed by atoms with E-state index >= 15 is 0 Å². The van der Waals surface area contributed by atoms with E-state index in [2.05, 4.69) is 0 Å². The predicted molar refractivity (Wildman–Crippen MR) is 51.7 cm³/mol. The minimum atomic E-state index is -0.633. The van der Waals surface area contributed by atoms with Crippen molar-refractivity contribution in [1.82, 2.24) is 0 Å². The molecule has 1 aromatic carbocycles. The number of hydrogen-bond donors (Lipinski definition) is 3. The van der Waals surface area contributed by atoms with Crippen LogP contribution in [0.2, 0.25) is 0 Å². The summed E-state index contributed by atoms with van der Waals surface area (Å²) >= 11 is 0. The van der Waals surface area contributed by atoms with Crippen molar-refractivity contribution in [2.45, 2.75) is 25.8 Å². The highest BCUT2D eigenvalue weighted by Gasteiger charge is 2.19. The number of rotatable bonds is 2. The van der Waals surface area contributed by atoms with Gasteiger partial charge in [-0.15, -0.1) is 0 Å². The number of hydrogen-bond acceptors (Lipinski definition) is 3. The molecule has 1 rings (SSSR count). The molecule has 4 heteroatoms. The van der Waals surface area contributed by atoms with Crippen LogP contribution in [0.5, 0.6) is 11.5 Å². The van der Waals surface area contributed by atoms with Crippen LogP contribution in [0, 0.1) is 5.82 Å². The molecule has 78 valence electrons. The van der Waals surface area contributed by atoms with E-state index in [-0.39, 0.29) is 17.7 Å². The Morgan fingerprint density at radius 1 is 1.36 bits per heavy atom. The second-order valence-corrected chi connectivity index (χ2v) is 4.06. The SMILES string of the molecule is CC(C)(N)Cc1c(F)ccc(O)c1O. The van der Waals surface area contributed by atoms with Gasteiger partial charge in [-0.2, -0.15) is 0 Å². The molecule has 0 fully saturated rings. The number of nitrogens with two attached hydrogens (primary N) is 1. The molecule has 0 atom stereocenters. The van der Waals surface area contributed by atoms with Gasteiger partial charge in [0.05, 0.1) is 0 Å². The Labute approximate surface area is 82.0 Å². The molecule has 0 unspecified atom stereocenters. The predicted octanol–water partition coefficient (Wildman–Crippen LogP) is 1.52. The first-order valence-electron chi connectivity index (χ1n) is 4.29. The zero-order chi connectivity index (χ0) is 10.9. The van der Waals surface area contributed by atoms with E-state index in [0.29, 0.717) is 0 Å². The van der Waals surface area contributed by atoms with Crippen LogP contribution in [0.3, 0.4) is 0 Å². The lowest BCUT2D eigenvalue weighted by atomic mass is 9.95. The van der Waals surface area contributed by atoms with Crippen molar-refractivity contribution in [2.24, 2.45) is 5.73 Å². The van der Waals surface area contributed by atoms with E-state index in [9.17, 15) is 9.50 Å². The van der Waals surface area contributed by atoms with E-state index in [1.807, 2.05) is 0 Å². The summed E-state index contributed by atoms with van der Waals surface area (Å²) in [5.74, 6) is -1.31. The molecule has 0 saturated heterocycles. The highest BCUT2D eigenvalue weighted by Crippen LogP contribution is 2.32. The summed E-state index contributed by atoms with van der Waals surface area (Å²) in [6.07, 6.45) is 0.166. The maximum absolute atomic E-state index is 13.2. The van der Waals surface area contributed by atoms with Crippen molar-refractivity contribution in [3.05, 3.63) is 23.5 Å². The van der Waals surface area contributed by atoms with E-state index in [1.165, 1.54) is 0 Å². The number of benzene rings is 1. The molecular weight excluding hydrogens is 185 g/mol. The van der Waals surface area contributed by atoms with E-state index in [1.54, 1.807) is 13.8 Å². The molecule has 0 bridgehead atoms. The van der Waals surface area contributed by atoms with Gasteiger partial charge in [0.15, 0.2) is 11.5 Å². The van der Waals surface area contributed by atoms with Crippen molar-refractivity contribution in [3.63, 3.8) is 0 Å². The fourth-order valence-corrected chi connectivity index (χ4v) is 1.22. The molecule has 0 aliphatic heterocycles. The summed E-state index contributed by atoms with van der Waals surface area (Å²) in [4.78, 5) is 0. The van der Waals surface area contributed by atoms with Gasteiger partial charge in [-0.05, 0) is 32.4 Å². The second-order valence-electron chi connectivity index (χ2n) is 4.06. The number of halogens is 1. The zero-order valence-electron chi connectivity index (χ0n) is 8.21. The first-order valence-corrected chi connectivity index (χ1v) is 4.29. The van der Waals surface area contributed by atoms with Gasteiger partial charge >= 0.3 is 0 Å². The molecule has 0 aliphatic rings. The number of aromatic hydroxyl groups is 2. The number of phenols is 2. The second kappa shape index (κ2) is 3.46. The van der Waals surface area contributed by atoms with Crippen LogP contribution < -0.4 is 5.73 Å². The summed E-state index contributed by atoms with van der Waals surface area (Å²) < 4.78 is 13.2. The summed E-state index contributed by atoms with van der Waals surface area (Å²) in [6.45, 7) is 3.44. The summed E-state index contributed by atoms with van der Waals surface area (Å²) in [6, 6.07) is 2.22. The maximum atomic E-state index is 13.2. The first-order chi connectivity index (χ1) is 6.31. The smallest absolute Gasteiger partial charge is 0.163 e. The normalized spacial score (nSPS) is 11.7. The molecule has 14 heavy (non-hydrogen) atoms. The molecule has 0 spiro atoms. The highest BCUT2D eigenvalue weighted by atomic mass is 19.1. The van der Waals surface area contributed by atoms with Crippen LogP contribution in [0.25, 0.3) is 0 Å². The van der Waals surface area contributed by atoms with Gasteiger partial charge in [-0.3, -0.25) is 0 Å². The molecule has 0 radical (unpaired) electrons. The highest BCUT2D eigenvalue weighted by molar-refractivity contribution is 5.45. The van der Waals surface area contributed by atoms with Gasteiger partial charge in [0.1, 0.15) is 5.82 Å². The average molecular weight is 199 g/mol. The fourth-order valence-electron chi connectivity index (χ4n) is 1.22. The van der Waals surface area contributed by atoms with Gasteiger partial charge < -0.3 is 15.9 Å². The van der Waals surface area contributed by atoms with Gasteiger partial charge in [-0.25, -0.2) is 4.39 Å². The van der Waals surface area contributed by atoms with Crippen molar-refractivity contribution in [3.8, 4) is 11.5 Å². The minimum Gasteiger partial charge on any atom is -0.504 e. The summed E-state index contributed by atoms with van der Waals surface area (Å²) in [5.41, 5.74) is 5.12. The lowest BCUT2D eigenvalue weighted by Gasteiger charge is -2.19. The summed E-state index contributed by atoms with van der Waals surface area (Å²) in [5, 5.41) is 18.6. The van der Waals surface area contributed by atoms with Crippen LogP contribution in [0.1, 0.15) is 19.4 Å². The molecule has 0 aliphatic carbocycles. The monoisotopic (exact) mass is 199 g/mol. The lowest BCUT2D eigenvalue weighted by molar-refractivity contribution is 0.386. The molecule has 4 N–H and O–H groups in total. The summed E-state index contributed by atoms with van der Waals surface area (Å²) in [7, 11) is 0. The Hall–Kier alpha value is -1.29. The average Bonchev–Trinajstić information content (AvgIpc) is 2.04. The zero-order valence-corrected chi connectivity index (χ0v) is 8.21. The fraction of sp³-hybridized carbons (Fsp3) is 0.400. The Morgan fingerprint density at radius 2 is 1.93 bits per heavy atom. The third-order valence-corrected chi connectivity index (χ3v) is 1.84. The van der Waals surface area contributed by atoms with Gasteiger partial charge in [-0.1, -0.05) is 0 Å². The number of phenolic OH excluding ortho intramolecular Hbond substituents is 2. The largest absolute Gasteiger partial charge is 0.504 e. The van der Waals surface area contributed by atoms with Gasteiger partial charge in [0.25, 0.3) is 0 Å². The third-order valence-electron chi connectivity index (χ3n) is 1.84. The molecule has 3 nitrogen and oxygen atoms in total. The Morgan fingerprint density at radius 3 is 2.43 bits per heavy atom. The standard InChI is InChI=1S/C10H14FNO2/c1-10(2,12)5-6-7(11)3-4-8(13)9(6)14/h3-4,13-14H,5,12H2,1-2H3. The molecule has 0 amide bonds. The molecule has 0 aromatic heterocycles. The molecule has 0 heterocycles. The van der Waals surface area contributed by atoms with Crippen LogP contribution in [0.15, 0.2) is 12.1 Å². The topological polar surface area (TPSA) is 66.5 Å². The van der Waals surface area contributed by atoms with Crippen molar-refractivity contribution >= 4 is 0 Å². The third kappa shape index (κ3) is 2.35. The van der Waals surface area contributed by atoms with Crippen molar-refractivity contribution < 1.29 is 14.6 Å². The maximum Gasteiger partial charge on any atom is 0.163 e. The van der Waals surface area contributed by atoms with Crippen LogP contribution in [-0.4, -0.2) is 15.8 Å². The first kappa shape index (κ1) is 10.8. The molecule has 1 aromatic rings. The van der Waals surface area contributed by atoms with Gasteiger partial charge in [0.2, 0.25) is 0 Å². The van der Waals surface area contributed by atoms with E-state index in [4.69, 9.17) is 10.8 Å². The molecule has 0 saturated carbocycles. The van der Waals surface area contributed by atoms with Gasteiger partial charge in [0, 0.05) is 11.1 Å². The quantitative estimate of drug-likeness (QED) is 0.632. The van der Waals surface area contributed by atoms with E-state index < -0.39 is 17.1 Å². The van der Waals surface area contributed by atoms with Crippen LogP contribution >= 0.6 is 0 Å². The van der Waals surface area contributed by atoms with Crippen LogP contribution in [0.4, 0.5) is 4.39 Å².